The van der Waals surface area contributed by atoms with Crippen LogP contribution >= 0.6 is 23.7 Å². The first-order valence-electron chi connectivity index (χ1n) is 6.42. The molecule has 0 aliphatic carbocycles. The van der Waals surface area contributed by atoms with Gasteiger partial charge in [-0.3, -0.25) is 4.79 Å². The Kier molecular flexibility index (Phi) is 6.55. The first-order chi connectivity index (χ1) is 10.3. The van der Waals surface area contributed by atoms with Crippen molar-refractivity contribution in [1.82, 2.24) is 10.3 Å². The zero-order valence-electron chi connectivity index (χ0n) is 12.1. The molecule has 0 bridgehead atoms. The number of nitrogens with two attached hydrogens (primary N) is 1. The third-order valence-electron chi connectivity index (χ3n) is 2.87. The molecule has 0 fully saturated rings. The third kappa shape index (κ3) is 5.19. The van der Waals surface area contributed by atoms with Crippen molar-refractivity contribution in [2.24, 2.45) is 5.73 Å². The summed E-state index contributed by atoms with van der Waals surface area (Å²) in [6.07, 6.45) is -4.35. The largest absolute Gasteiger partial charge is 0.416 e. The predicted molar refractivity (Wildman–Crippen MR) is 85.3 cm³/mol. The molecule has 4 nitrogen and oxygen atoms in total. The fourth-order valence-corrected chi connectivity index (χ4v) is 2.49. The fourth-order valence-electron chi connectivity index (χ4n) is 1.66. The SMILES string of the molecule is C[C@H](N)C(=O)NCc1csc(-c2ccc(C(F)(F)F)cc2)n1.Cl. The van der Waals surface area contributed by atoms with E-state index in [1.807, 2.05) is 0 Å². The Morgan fingerprint density at radius 2 is 1.96 bits per heavy atom. The van der Waals surface area contributed by atoms with E-state index in [1.165, 1.54) is 23.5 Å². The number of alkyl halides is 3. The molecular weight excluding hydrogens is 351 g/mol. The van der Waals surface area contributed by atoms with Crippen LogP contribution < -0.4 is 11.1 Å². The molecule has 126 valence electrons. The molecule has 0 aliphatic rings. The molecule has 3 N–H and O–H groups in total. The van der Waals surface area contributed by atoms with Crippen LogP contribution in [0.3, 0.4) is 0 Å². The van der Waals surface area contributed by atoms with Crippen LogP contribution in [-0.4, -0.2) is 16.9 Å². The molecule has 1 aromatic carbocycles. The third-order valence-corrected chi connectivity index (χ3v) is 3.81. The van der Waals surface area contributed by atoms with E-state index in [2.05, 4.69) is 10.3 Å². The topological polar surface area (TPSA) is 68.0 Å². The number of aromatic nitrogens is 1. The Morgan fingerprint density at radius 1 is 1.35 bits per heavy atom. The maximum Gasteiger partial charge on any atom is 0.416 e. The summed E-state index contributed by atoms with van der Waals surface area (Å²) in [7, 11) is 0. The predicted octanol–water partition coefficient (Wildman–Crippen LogP) is 3.21. The van der Waals surface area contributed by atoms with Crippen LogP contribution in [-0.2, 0) is 17.5 Å². The van der Waals surface area contributed by atoms with Gasteiger partial charge in [0.15, 0.2) is 0 Å². The molecule has 9 heteroatoms. The van der Waals surface area contributed by atoms with E-state index < -0.39 is 17.8 Å². The number of carbonyl (C=O) groups is 1. The van der Waals surface area contributed by atoms with Crippen molar-refractivity contribution in [3.8, 4) is 10.6 Å². The molecule has 0 aliphatic heterocycles. The van der Waals surface area contributed by atoms with Crippen molar-refractivity contribution in [3.05, 3.63) is 40.9 Å². The van der Waals surface area contributed by atoms with Gasteiger partial charge in [-0.15, -0.1) is 23.7 Å². The van der Waals surface area contributed by atoms with E-state index in [4.69, 9.17) is 5.73 Å². The van der Waals surface area contributed by atoms with Gasteiger partial charge in [0.1, 0.15) is 5.01 Å². The number of rotatable bonds is 4. The Balaban J connectivity index is 0.00000264. The molecule has 1 aromatic heterocycles. The molecule has 0 radical (unpaired) electrons. The number of nitrogens with one attached hydrogen (secondary N) is 1. The summed E-state index contributed by atoms with van der Waals surface area (Å²) in [5.74, 6) is -0.288. The summed E-state index contributed by atoms with van der Waals surface area (Å²) in [5, 5.41) is 4.96. The van der Waals surface area contributed by atoms with E-state index in [9.17, 15) is 18.0 Å². The molecule has 0 unspecified atom stereocenters. The van der Waals surface area contributed by atoms with Gasteiger partial charge in [-0.25, -0.2) is 4.98 Å². The normalized spacial score (nSPS) is 12.4. The van der Waals surface area contributed by atoms with Crippen molar-refractivity contribution in [1.29, 1.82) is 0 Å². The van der Waals surface area contributed by atoms with Gasteiger partial charge >= 0.3 is 6.18 Å². The Hall–Kier alpha value is -1.64. The minimum atomic E-state index is -4.35. The van der Waals surface area contributed by atoms with Gasteiger partial charge in [-0.05, 0) is 19.1 Å². The second-order valence-electron chi connectivity index (χ2n) is 4.73. The molecular formula is C14H15ClF3N3OS. The second kappa shape index (κ2) is 7.76. The smallest absolute Gasteiger partial charge is 0.349 e. The summed E-state index contributed by atoms with van der Waals surface area (Å²) >= 11 is 1.30. The lowest BCUT2D eigenvalue weighted by molar-refractivity contribution is -0.137. The molecule has 1 amide bonds. The van der Waals surface area contributed by atoms with Gasteiger partial charge < -0.3 is 11.1 Å². The van der Waals surface area contributed by atoms with Crippen LogP contribution in [0.15, 0.2) is 29.6 Å². The van der Waals surface area contributed by atoms with Crippen molar-refractivity contribution >= 4 is 29.7 Å². The second-order valence-corrected chi connectivity index (χ2v) is 5.58. The lowest BCUT2D eigenvalue weighted by atomic mass is 10.1. The summed E-state index contributed by atoms with van der Waals surface area (Å²) in [4.78, 5) is 15.6. The van der Waals surface area contributed by atoms with E-state index in [0.29, 0.717) is 16.3 Å². The number of carbonyl (C=O) groups excluding carboxylic acids is 1. The van der Waals surface area contributed by atoms with E-state index in [1.54, 1.807) is 12.3 Å². The molecule has 2 aromatic rings. The number of halogens is 4. The average molecular weight is 366 g/mol. The zero-order valence-corrected chi connectivity index (χ0v) is 13.7. The number of nitrogens with zero attached hydrogens (tertiary/aromatic N) is 1. The summed E-state index contributed by atoms with van der Waals surface area (Å²) in [5.41, 5.74) is 5.96. The lowest BCUT2D eigenvalue weighted by Gasteiger charge is -2.06. The summed E-state index contributed by atoms with van der Waals surface area (Å²) in [6.45, 7) is 1.81. The quantitative estimate of drug-likeness (QED) is 0.874. The molecule has 0 spiro atoms. The Bertz CT molecular complexity index is 656. The maximum absolute atomic E-state index is 12.5. The standard InChI is InChI=1S/C14H14F3N3OS.ClH/c1-8(18)12(21)19-6-11-7-22-13(20-11)9-2-4-10(5-3-9)14(15,16)17;/h2-5,7-8H,6,18H2,1H3,(H,19,21);1H/t8-;/m0./s1. The van der Waals surface area contributed by atoms with Gasteiger partial charge in [-0.1, -0.05) is 12.1 Å². The van der Waals surface area contributed by atoms with Gasteiger partial charge in [0, 0.05) is 10.9 Å². The molecule has 2 rings (SSSR count). The molecule has 1 heterocycles. The molecule has 0 saturated carbocycles. The monoisotopic (exact) mass is 365 g/mol. The van der Waals surface area contributed by atoms with Gasteiger partial charge in [0.25, 0.3) is 0 Å². The van der Waals surface area contributed by atoms with Crippen LogP contribution in [0, 0.1) is 0 Å². The highest BCUT2D eigenvalue weighted by Gasteiger charge is 2.30. The minimum absolute atomic E-state index is 0. The first kappa shape index (κ1) is 19.4. The number of amides is 1. The van der Waals surface area contributed by atoms with Gasteiger partial charge in [0.05, 0.1) is 23.8 Å². The molecule has 1 atom stereocenters. The maximum atomic E-state index is 12.5. The van der Waals surface area contributed by atoms with Crippen LogP contribution in [0.2, 0.25) is 0 Å². The first-order valence-corrected chi connectivity index (χ1v) is 7.30. The highest BCUT2D eigenvalue weighted by Crippen LogP contribution is 2.31. The lowest BCUT2D eigenvalue weighted by Crippen LogP contribution is -2.37. The van der Waals surface area contributed by atoms with Crippen molar-refractivity contribution in [3.63, 3.8) is 0 Å². The van der Waals surface area contributed by atoms with Crippen molar-refractivity contribution in [2.45, 2.75) is 25.7 Å². The van der Waals surface area contributed by atoms with E-state index in [-0.39, 0.29) is 24.9 Å². The van der Waals surface area contributed by atoms with E-state index >= 15 is 0 Å². The Labute approximate surface area is 141 Å². The van der Waals surface area contributed by atoms with Gasteiger partial charge in [0.2, 0.25) is 5.91 Å². The van der Waals surface area contributed by atoms with Crippen LogP contribution in [0.5, 0.6) is 0 Å². The zero-order chi connectivity index (χ0) is 16.3. The number of hydrogen-bond donors (Lipinski definition) is 2. The highest BCUT2D eigenvalue weighted by molar-refractivity contribution is 7.13. The average Bonchev–Trinajstić information content (AvgIpc) is 2.92. The Morgan fingerprint density at radius 3 is 2.48 bits per heavy atom. The number of thiazole rings is 1. The highest BCUT2D eigenvalue weighted by atomic mass is 35.5. The summed E-state index contributed by atoms with van der Waals surface area (Å²) < 4.78 is 37.5. The molecule has 23 heavy (non-hydrogen) atoms. The van der Waals surface area contributed by atoms with Gasteiger partial charge in [-0.2, -0.15) is 13.2 Å². The van der Waals surface area contributed by atoms with Crippen LogP contribution in [0.1, 0.15) is 18.2 Å². The number of benzene rings is 1. The van der Waals surface area contributed by atoms with Crippen molar-refractivity contribution < 1.29 is 18.0 Å². The number of hydrogen-bond acceptors (Lipinski definition) is 4. The van der Waals surface area contributed by atoms with Crippen molar-refractivity contribution in [2.75, 3.05) is 0 Å². The minimum Gasteiger partial charge on any atom is -0.349 e. The van der Waals surface area contributed by atoms with E-state index in [0.717, 1.165) is 12.1 Å². The van der Waals surface area contributed by atoms with Crippen LogP contribution in [0.4, 0.5) is 13.2 Å². The fraction of sp³-hybridized carbons (Fsp3) is 0.286. The molecule has 0 saturated heterocycles. The van der Waals surface area contributed by atoms with Crippen LogP contribution in [0.25, 0.3) is 10.6 Å². The summed E-state index contributed by atoms with van der Waals surface area (Å²) in [6, 6.07) is 4.20.